The highest BCUT2D eigenvalue weighted by atomic mass is 32.1. The van der Waals surface area contributed by atoms with Gasteiger partial charge in [0, 0.05) is 17.0 Å². The van der Waals surface area contributed by atoms with Crippen molar-refractivity contribution in [3.05, 3.63) is 34.4 Å². The number of aromatic amines is 1. The van der Waals surface area contributed by atoms with E-state index in [4.69, 9.17) is 0 Å². The van der Waals surface area contributed by atoms with E-state index in [2.05, 4.69) is 25.7 Å². The standard InChI is InChI=1S/C13H13N5OS/c1-7(2)12-17-18-13(20-12)11(19)15-9-3-4-10-8(5-9)6-14-16-10/h3-7H,1-2H3,(H,14,16)(H,15,19). The van der Waals surface area contributed by atoms with Crippen LogP contribution in [0, 0.1) is 0 Å². The molecule has 0 saturated carbocycles. The molecule has 0 bridgehead atoms. The second-order valence-electron chi connectivity index (χ2n) is 4.73. The third-order valence-electron chi connectivity index (χ3n) is 2.83. The molecule has 0 unspecified atom stereocenters. The Kier molecular flexibility index (Phi) is 3.19. The molecule has 2 N–H and O–H groups in total. The second kappa shape index (κ2) is 5.01. The number of carbonyl (C=O) groups is 1. The van der Waals surface area contributed by atoms with Gasteiger partial charge in [-0.2, -0.15) is 5.10 Å². The third kappa shape index (κ3) is 2.39. The smallest absolute Gasteiger partial charge is 0.286 e. The summed E-state index contributed by atoms with van der Waals surface area (Å²) in [5, 5.41) is 19.7. The number of nitrogens with zero attached hydrogens (tertiary/aromatic N) is 3. The monoisotopic (exact) mass is 287 g/mol. The molecule has 0 aliphatic heterocycles. The number of fused-ring (bicyclic) bond motifs is 1. The Labute approximate surface area is 119 Å². The zero-order valence-electron chi connectivity index (χ0n) is 11.0. The van der Waals surface area contributed by atoms with Crippen LogP contribution >= 0.6 is 11.3 Å². The maximum absolute atomic E-state index is 12.1. The molecule has 0 radical (unpaired) electrons. The van der Waals surface area contributed by atoms with E-state index >= 15 is 0 Å². The van der Waals surface area contributed by atoms with E-state index in [9.17, 15) is 4.79 Å². The minimum atomic E-state index is -0.239. The molecule has 2 aromatic heterocycles. The fourth-order valence-corrected chi connectivity index (χ4v) is 2.51. The molecule has 0 aliphatic carbocycles. The minimum Gasteiger partial charge on any atom is -0.320 e. The second-order valence-corrected chi connectivity index (χ2v) is 5.74. The SMILES string of the molecule is CC(C)c1nnc(C(=O)Nc2ccc3[nH]ncc3c2)s1. The summed E-state index contributed by atoms with van der Waals surface area (Å²) >= 11 is 1.32. The van der Waals surface area contributed by atoms with Crippen LogP contribution in [0.4, 0.5) is 5.69 Å². The maximum Gasteiger partial charge on any atom is 0.286 e. The third-order valence-corrected chi connectivity index (χ3v) is 4.05. The number of hydrogen-bond donors (Lipinski definition) is 2. The van der Waals surface area contributed by atoms with E-state index in [1.807, 2.05) is 32.0 Å². The Morgan fingerprint density at radius 2 is 2.20 bits per heavy atom. The van der Waals surface area contributed by atoms with Crippen molar-refractivity contribution in [1.82, 2.24) is 20.4 Å². The van der Waals surface area contributed by atoms with Gasteiger partial charge in [-0.25, -0.2) is 0 Å². The van der Waals surface area contributed by atoms with E-state index in [-0.39, 0.29) is 11.8 Å². The van der Waals surface area contributed by atoms with Crippen LogP contribution in [-0.4, -0.2) is 26.3 Å². The summed E-state index contributed by atoms with van der Waals surface area (Å²) < 4.78 is 0. The molecule has 102 valence electrons. The van der Waals surface area contributed by atoms with Crippen molar-refractivity contribution in [1.29, 1.82) is 0 Å². The van der Waals surface area contributed by atoms with Crippen molar-refractivity contribution < 1.29 is 4.79 Å². The summed E-state index contributed by atoms with van der Waals surface area (Å²) in [7, 11) is 0. The van der Waals surface area contributed by atoms with Crippen molar-refractivity contribution in [3.8, 4) is 0 Å². The predicted octanol–water partition coefficient (Wildman–Crippen LogP) is 2.79. The summed E-state index contributed by atoms with van der Waals surface area (Å²) in [6.07, 6.45) is 1.72. The molecular weight excluding hydrogens is 274 g/mol. The van der Waals surface area contributed by atoms with Crippen LogP contribution in [0.1, 0.15) is 34.6 Å². The number of carbonyl (C=O) groups excluding carboxylic acids is 1. The average molecular weight is 287 g/mol. The normalized spacial score (nSPS) is 11.2. The van der Waals surface area contributed by atoms with Crippen LogP contribution in [-0.2, 0) is 0 Å². The van der Waals surface area contributed by atoms with Gasteiger partial charge in [0.25, 0.3) is 5.91 Å². The van der Waals surface area contributed by atoms with Crippen LogP contribution in [0.25, 0.3) is 10.9 Å². The van der Waals surface area contributed by atoms with Gasteiger partial charge in [-0.15, -0.1) is 10.2 Å². The predicted molar refractivity (Wildman–Crippen MR) is 78.0 cm³/mol. The van der Waals surface area contributed by atoms with E-state index in [0.717, 1.165) is 15.9 Å². The van der Waals surface area contributed by atoms with Crippen molar-refractivity contribution in [2.24, 2.45) is 0 Å². The van der Waals surface area contributed by atoms with Gasteiger partial charge in [-0.1, -0.05) is 25.2 Å². The van der Waals surface area contributed by atoms with E-state index in [0.29, 0.717) is 10.7 Å². The Morgan fingerprint density at radius 3 is 2.95 bits per heavy atom. The molecule has 6 nitrogen and oxygen atoms in total. The quantitative estimate of drug-likeness (QED) is 0.776. The first kappa shape index (κ1) is 12.7. The summed E-state index contributed by atoms with van der Waals surface area (Å²) in [5.74, 6) is 0.0357. The van der Waals surface area contributed by atoms with Crippen molar-refractivity contribution in [2.75, 3.05) is 5.32 Å². The zero-order valence-corrected chi connectivity index (χ0v) is 11.9. The molecule has 2 heterocycles. The van der Waals surface area contributed by atoms with Gasteiger partial charge in [-0.3, -0.25) is 9.89 Å². The summed E-state index contributed by atoms with van der Waals surface area (Å²) in [4.78, 5) is 12.1. The summed E-state index contributed by atoms with van der Waals surface area (Å²) in [5.41, 5.74) is 1.64. The van der Waals surface area contributed by atoms with E-state index in [1.165, 1.54) is 11.3 Å². The van der Waals surface area contributed by atoms with Gasteiger partial charge < -0.3 is 5.32 Å². The number of rotatable bonds is 3. The Balaban J connectivity index is 1.80. The molecule has 3 rings (SSSR count). The molecule has 3 aromatic rings. The molecular formula is C13H13N5OS. The van der Waals surface area contributed by atoms with E-state index < -0.39 is 0 Å². The first-order chi connectivity index (χ1) is 9.63. The lowest BCUT2D eigenvalue weighted by Gasteiger charge is -2.02. The minimum absolute atomic E-state index is 0.239. The molecule has 0 saturated heterocycles. The van der Waals surface area contributed by atoms with Gasteiger partial charge in [0.05, 0.1) is 11.7 Å². The highest BCUT2D eigenvalue weighted by Crippen LogP contribution is 2.21. The topological polar surface area (TPSA) is 83.6 Å². The first-order valence-electron chi connectivity index (χ1n) is 6.21. The van der Waals surface area contributed by atoms with Crippen molar-refractivity contribution in [3.63, 3.8) is 0 Å². The summed E-state index contributed by atoms with van der Waals surface area (Å²) in [6, 6.07) is 5.56. The fourth-order valence-electron chi connectivity index (χ4n) is 1.76. The lowest BCUT2D eigenvalue weighted by atomic mass is 10.2. The van der Waals surface area contributed by atoms with Gasteiger partial charge in [0.1, 0.15) is 5.01 Å². The summed E-state index contributed by atoms with van der Waals surface area (Å²) in [6.45, 7) is 4.05. The van der Waals surface area contributed by atoms with E-state index in [1.54, 1.807) is 6.20 Å². The van der Waals surface area contributed by atoms with Gasteiger partial charge in [-0.05, 0) is 18.2 Å². The number of H-pyrrole nitrogens is 1. The van der Waals surface area contributed by atoms with Crippen LogP contribution < -0.4 is 5.32 Å². The Morgan fingerprint density at radius 1 is 1.35 bits per heavy atom. The molecule has 0 fully saturated rings. The lowest BCUT2D eigenvalue weighted by molar-refractivity contribution is 0.102. The molecule has 20 heavy (non-hydrogen) atoms. The Bertz CT molecular complexity index is 761. The van der Waals surface area contributed by atoms with Crippen molar-refractivity contribution >= 4 is 33.8 Å². The lowest BCUT2D eigenvalue weighted by Crippen LogP contribution is -2.11. The zero-order chi connectivity index (χ0) is 14.1. The number of hydrogen-bond acceptors (Lipinski definition) is 5. The number of aromatic nitrogens is 4. The molecule has 7 heteroatoms. The molecule has 1 amide bonds. The largest absolute Gasteiger partial charge is 0.320 e. The van der Waals surface area contributed by atoms with Crippen LogP contribution in [0.2, 0.25) is 0 Å². The number of anilines is 1. The molecule has 0 spiro atoms. The highest BCUT2D eigenvalue weighted by molar-refractivity contribution is 7.13. The van der Waals surface area contributed by atoms with Crippen molar-refractivity contribution in [2.45, 2.75) is 19.8 Å². The molecule has 0 atom stereocenters. The molecule has 1 aromatic carbocycles. The number of benzene rings is 1. The fraction of sp³-hybridized carbons (Fsp3) is 0.231. The van der Waals surface area contributed by atoms with Gasteiger partial charge >= 0.3 is 0 Å². The number of amides is 1. The van der Waals surface area contributed by atoms with Gasteiger partial charge in [0.15, 0.2) is 0 Å². The average Bonchev–Trinajstić information content (AvgIpc) is 3.07. The van der Waals surface area contributed by atoms with Crippen LogP contribution in [0.3, 0.4) is 0 Å². The van der Waals surface area contributed by atoms with Crippen LogP contribution in [0.15, 0.2) is 24.4 Å². The number of nitrogens with one attached hydrogen (secondary N) is 2. The maximum atomic E-state index is 12.1. The van der Waals surface area contributed by atoms with Crippen LogP contribution in [0.5, 0.6) is 0 Å². The molecule has 0 aliphatic rings. The highest BCUT2D eigenvalue weighted by Gasteiger charge is 2.14. The van der Waals surface area contributed by atoms with Gasteiger partial charge in [0.2, 0.25) is 5.01 Å². The Hall–Kier alpha value is -2.28. The first-order valence-corrected chi connectivity index (χ1v) is 7.03.